The molecule has 0 fully saturated rings. The minimum Gasteiger partial charge on any atom is -0.357 e. The molecular formula is C21H27N5O2S. The first-order valence-electron chi connectivity index (χ1n) is 9.86. The lowest BCUT2D eigenvalue weighted by Gasteiger charge is -2.19. The molecule has 0 aliphatic carbocycles. The highest BCUT2D eigenvalue weighted by atomic mass is 32.1. The van der Waals surface area contributed by atoms with Crippen molar-refractivity contribution in [1.82, 2.24) is 19.9 Å². The van der Waals surface area contributed by atoms with E-state index in [1.54, 1.807) is 6.20 Å². The largest absolute Gasteiger partial charge is 0.357 e. The Hall–Kier alpha value is -2.74. The van der Waals surface area contributed by atoms with Crippen LogP contribution in [0.5, 0.6) is 0 Å². The Morgan fingerprint density at radius 3 is 2.62 bits per heavy atom. The molecule has 0 bridgehead atoms. The lowest BCUT2D eigenvalue weighted by atomic mass is 10.2. The minimum atomic E-state index is -0.108. The van der Waals surface area contributed by atoms with Gasteiger partial charge in [0, 0.05) is 43.7 Å². The second kappa shape index (κ2) is 9.17. The van der Waals surface area contributed by atoms with Gasteiger partial charge in [-0.05, 0) is 44.9 Å². The average Bonchev–Trinajstić information content (AvgIpc) is 3.02. The molecule has 0 aliphatic heterocycles. The van der Waals surface area contributed by atoms with Crippen LogP contribution >= 0.6 is 11.3 Å². The Kier molecular flexibility index (Phi) is 6.64. The number of pyridine rings is 1. The van der Waals surface area contributed by atoms with Crippen LogP contribution in [0.4, 0.5) is 5.82 Å². The normalized spacial score (nSPS) is 11.0. The molecule has 0 unspecified atom stereocenters. The third-order valence-corrected chi connectivity index (χ3v) is 6.24. The number of anilines is 1. The number of carbonyl (C=O) groups is 1. The molecule has 3 aromatic rings. The zero-order valence-corrected chi connectivity index (χ0v) is 18.2. The van der Waals surface area contributed by atoms with Gasteiger partial charge in [-0.2, -0.15) is 0 Å². The maximum atomic E-state index is 12.7. The van der Waals surface area contributed by atoms with E-state index in [1.165, 1.54) is 22.2 Å². The van der Waals surface area contributed by atoms with Crippen molar-refractivity contribution in [2.75, 3.05) is 18.0 Å². The number of thiophene rings is 1. The number of amides is 1. The molecule has 1 N–H and O–H groups in total. The average molecular weight is 414 g/mol. The Balaban J connectivity index is 1.57. The van der Waals surface area contributed by atoms with Gasteiger partial charge in [0.2, 0.25) is 5.91 Å². The number of aryl methyl sites for hydroxylation is 3. The fourth-order valence-corrected chi connectivity index (χ4v) is 4.18. The van der Waals surface area contributed by atoms with Crippen LogP contribution in [0.1, 0.15) is 36.3 Å². The van der Waals surface area contributed by atoms with Gasteiger partial charge in [0.1, 0.15) is 10.6 Å². The van der Waals surface area contributed by atoms with Crippen molar-refractivity contribution in [3.05, 3.63) is 51.0 Å². The van der Waals surface area contributed by atoms with E-state index >= 15 is 0 Å². The van der Waals surface area contributed by atoms with E-state index < -0.39 is 0 Å². The molecule has 8 heteroatoms. The van der Waals surface area contributed by atoms with Gasteiger partial charge in [-0.25, -0.2) is 9.97 Å². The number of fused-ring (bicyclic) bond motifs is 1. The molecule has 3 heterocycles. The smallest absolute Gasteiger partial charge is 0.262 e. The summed E-state index contributed by atoms with van der Waals surface area (Å²) in [5.41, 5.74) is 1.83. The molecule has 0 aromatic carbocycles. The van der Waals surface area contributed by atoms with Crippen molar-refractivity contribution in [3.63, 3.8) is 0 Å². The van der Waals surface area contributed by atoms with E-state index in [9.17, 15) is 9.59 Å². The number of hydrogen-bond donors (Lipinski definition) is 1. The monoisotopic (exact) mass is 413 g/mol. The maximum absolute atomic E-state index is 12.7. The third kappa shape index (κ3) is 4.64. The molecule has 0 radical (unpaired) electrons. The van der Waals surface area contributed by atoms with Crippen molar-refractivity contribution in [2.45, 2.75) is 47.2 Å². The van der Waals surface area contributed by atoms with Crippen molar-refractivity contribution in [2.24, 2.45) is 0 Å². The Labute approximate surface area is 174 Å². The van der Waals surface area contributed by atoms with Gasteiger partial charge in [0.15, 0.2) is 0 Å². The molecule has 154 valence electrons. The van der Waals surface area contributed by atoms with Crippen LogP contribution in [0, 0.1) is 13.8 Å². The fraction of sp³-hybridized carbons (Fsp3) is 0.429. The second-order valence-electron chi connectivity index (χ2n) is 6.93. The van der Waals surface area contributed by atoms with Gasteiger partial charge >= 0.3 is 0 Å². The van der Waals surface area contributed by atoms with Crippen LogP contribution < -0.4 is 15.8 Å². The van der Waals surface area contributed by atoms with E-state index in [2.05, 4.69) is 34.0 Å². The molecular weight excluding hydrogens is 386 g/mol. The topological polar surface area (TPSA) is 80.1 Å². The summed E-state index contributed by atoms with van der Waals surface area (Å²) in [6, 6.07) is 3.95. The summed E-state index contributed by atoms with van der Waals surface area (Å²) in [7, 11) is 0. The summed E-state index contributed by atoms with van der Waals surface area (Å²) < 4.78 is 1.52. The van der Waals surface area contributed by atoms with E-state index in [0.29, 0.717) is 18.5 Å². The Bertz CT molecular complexity index is 1050. The predicted octanol–water partition coefficient (Wildman–Crippen LogP) is 3.02. The first-order chi connectivity index (χ1) is 13.9. The number of hydrogen-bond acceptors (Lipinski definition) is 6. The van der Waals surface area contributed by atoms with E-state index in [1.807, 2.05) is 26.0 Å². The zero-order chi connectivity index (χ0) is 21.0. The number of nitrogens with zero attached hydrogens (tertiary/aromatic N) is 4. The summed E-state index contributed by atoms with van der Waals surface area (Å²) in [6.45, 7) is 10.7. The third-order valence-electron chi connectivity index (χ3n) is 5.12. The summed E-state index contributed by atoms with van der Waals surface area (Å²) in [5.74, 6) is 0.828. The Morgan fingerprint density at radius 1 is 1.21 bits per heavy atom. The van der Waals surface area contributed by atoms with Gasteiger partial charge in [-0.15, -0.1) is 11.3 Å². The minimum absolute atomic E-state index is 0.0826. The molecule has 7 nitrogen and oxygen atoms in total. The SMILES string of the molecule is CCN(CC)c1ccc(CNC(=O)CCn2cnc3sc(C)c(C)c3c2=O)cn1. The van der Waals surface area contributed by atoms with Crippen LogP contribution in [0.2, 0.25) is 0 Å². The number of aromatic nitrogens is 3. The first-order valence-corrected chi connectivity index (χ1v) is 10.7. The van der Waals surface area contributed by atoms with Crippen LogP contribution in [0.25, 0.3) is 10.2 Å². The summed E-state index contributed by atoms with van der Waals surface area (Å²) >= 11 is 1.52. The summed E-state index contributed by atoms with van der Waals surface area (Å²) in [5, 5.41) is 3.55. The van der Waals surface area contributed by atoms with Crippen LogP contribution in [0.3, 0.4) is 0 Å². The lowest BCUT2D eigenvalue weighted by Crippen LogP contribution is -2.27. The maximum Gasteiger partial charge on any atom is 0.262 e. The van der Waals surface area contributed by atoms with Gasteiger partial charge in [0.25, 0.3) is 5.56 Å². The van der Waals surface area contributed by atoms with E-state index in [-0.39, 0.29) is 17.9 Å². The van der Waals surface area contributed by atoms with Gasteiger partial charge in [-0.1, -0.05) is 6.07 Å². The fourth-order valence-electron chi connectivity index (χ4n) is 3.20. The zero-order valence-electron chi connectivity index (χ0n) is 17.4. The Morgan fingerprint density at radius 2 is 1.97 bits per heavy atom. The van der Waals surface area contributed by atoms with Gasteiger partial charge in [0.05, 0.1) is 11.7 Å². The highest BCUT2D eigenvalue weighted by Gasteiger charge is 2.13. The van der Waals surface area contributed by atoms with E-state index in [4.69, 9.17) is 0 Å². The van der Waals surface area contributed by atoms with Crippen LogP contribution in [0.15, 0.2) is 29.5 Å². The number of carbonyl (C=O) groups excluding carboxylic acids is 1. The van der Waals surface area contributed by atoms with Crippen molar-refractivity contribution in [1.29, 1.82) is 0 Å². The van der Waals surface area contributed by atoms with Gasteiger partial charge < -0.3 is 10.2 Å². The van der Waals surface area contributed by atoms with Crippen molar-refractivity contribution in [3.8, 4) is 0 Å². The molecule has 0 spiro atoms. The summed E-state index contributed by atoms with van der Waals surface area (Å²) in [4.78, 5) is 37.8. The van der Waals surface area contributed by atoms with Gasteiger partial charge in [-0.3, -0.25) is 14.2 Å². The standard InChI is InChI=1S/C21H27N5O2S/c1-5-25(6-2)17-8-7-16(11-22-17)12-23-18(27)9-10-26-13-24-20-19(21(26)28)14(3)15(4)29-20/h7-8,11,13H,5-6,9-10,12H2,1-4H3,(H,23,27). The predicted molar refractivity (Wildman–Crippen MR) is 118 cm³/mol. The number of nitrogens with one attached hydrogen (secondary N) is 1. The highest BCUT2D eigenvalue weighted by Crippen LogP contribution is 2.25. The quantitative estimate of drug-likeness (QED) is 0.614. The number of rotatable bonds is 8. The highest BCUT2D eigenvalue weighted by molar-refractivity contribution is 7.18. The molecule has 0 aliphatic rings. The van der Waals surface area contributed by atoms with Crippen molar-refractivity contribution >= 4 is 33.3 Å². The first kappa shape index (κ1) is 21.0. The molecule has 0 atom stereocenters. The van der Waals surface area contributed by atoms with E-state index in [0.717, 1.165) is 39.7 Å². The summed E-state index contributed by atoms with van der Waals surface area (Å²) in [6.07, 6.45) is 3.54. The molecule has 0 saturated carbocycles. The molecule has 0 saturated heterocycles. The van der Waals surface area contributed by atoms with Crippen LogP contribution in [-0.4, -0.2) is 33.5 Å². The molecule has 1 amide bonds. The van der Waals surface area contributed by atoms with Crippen molar-refractivity contribution < 1.29 is 4.79 Å². The molecule has 3 rings (SSSR count). The lowest BCUT2D eigenvalue weighted by molar-refractivity contribution is -0.121. The van der Waals surface area contributed by atoms with Crippen LogP contribution in [-0.2, 0) is 17.9 Å². The molecule has 3 aromatic heterocycles. The second-order valence-corrected chi connectivity index (χ2v) is 8.13. The molecule has 29 heavy (non-hydrogen) atoms.